The van der Waals surface area contributed by atoms with E-state index in [1.807, 2.05) is 6.20 Å². The van der Waals surface area contributed by atoms with Gasteiger partial charge in [-0.15, -0.1) is 0 Å². The zero-order valence-electron chi connectivity index (χ0n) is 16.9. The Hall–Kier alpha value is -2.19. The largest absolute Gasteiger partial charge is 0.360 e. The molecule has 1 saturated heterocycles. The van der Waals surface area contributed by atoms with Crippen LogP contribution < -0.4 is 0 Å². The van der Waals surface area contributed by atoms with Gasteiger partial charge in [0, 0.05) is 17.1 Å². The molecule has 3 heterocycles. The first-order valence-electron chi connectivity index (χ1n) is 9.95. The lowest BCUT2D eigenvalue weighted by atomic mass is 9.77. The third-order valence-corrected chi connectivity index (χ3v) is 6.60. The first kappa shape index (κ1) is 16.9. The van der Waals surface area contributed by atoms with E-state index in [4.69, 9.17) is 9.72 Å². The lowest BCUT2D eigenvalue weighted by molar-refractivity contribution is -0.0661. The fourth-order valence-electron chi connectivity index (χ4n) is 4.91. The molecule has 2 bridgehead atoms. The maximum absolute atomic E-state index is 6.47. The molecule has 1 fully saturated rings. The fourth-order valence-corrected chi connectivity index (χ4v) is 4.91. The highest BCUT2D eigenvalue weighted by molar-refractivity contribution is 5.96. The molecule has 2 aliphatic rings. The van der Waals surface area contributed by atoms with Gasteiger partial charge >= 0.3 is 0 Å². The maximum Gasteiger partial charge on any atom is 0.0920 e. The van der Waals surface area contributed by atoms with Gasteiger partial charge in [-0.2, -0.15) is 0 Å². The summed E-state index contributed by atoms with van der Waals surface area (Å²) in [7, 11) is 0. The normalized spacial score (nSPS) is 26.6. The third kappa shape index (κ3) is 2.39. The van der Waals surface area contributed by atoms with Gasteiger partial charge in [-0.05, 0) is 72.4 Å². The topological polar surface area (TPSA) is 22.1 Å². The second kappa shape index (κ2) is 5.20. The van der Waals surface area contributed by atoms with E-state index in [1.54, 1.807) is 0 Å². The van der Waals surface area contributed by atoms with Crippen LogP contribution >= 0.6 is 0 Å². The number of aromatic nitrogens is 1. The summed E-state index contributed by atoms with van der Waals surface area (Å²) in [5.41, 5.74) is 6.18. The SMILES string of the molecule is CC(C)(C)c1ccc(-c2nccc3cc4c(cc23)C2(C)CCC4(C)O2)cc1. The number of pyridine rings is 1. The van der Waals surface area contributed by atoms with Gasteiger partial charge in [0.15, 0.2) is 0 Å². The van der Waals surface area contributed by atoms with Gasteiger partial charge in [-0.3, -0.25) is 4.98 Å². The van der Waals surface area contributed by atoms with Crippen molar-refractivity contribution in [2.75, 3.05) is 0 Å². The highest BCUT2D eigenvalue weighted by Crippen LogP contribution is 2.58. The minimum Gasteiger partial charge on any atom is -0.360 e. The molecule has 2 atom stereocenters. The van der Waals surface area contributed by atoms with Crippen molar-refractivity contribution in [2.45, 2.75) is 64.1 Å². The number of hydrogen-bond acceptors (Lipinski definition) is 2. The summed E-state index contributed by atoms with van der Waals surface area (Å²) < 4.78 is 6.47. The van der Waals surface area contributed by atoms with E-state index in [0.29, 0.717) is 0 Å². The molecule has 27 heavy (non-hydrogen) atoms. The van der Waals surface area contributed by atoms with Crippen LogP contribution in [0.5, 0.6) is 0 Å². The highest BCUT2D eigenvalue weighted by atomic mass is 16.5. The van der Waals surface area contributed by atoms with Crippen LogP contribution in [-0.2, 0) is 21.4 Å². The maximum atomic E-state index is 6.47. The Bertz CT molecular complexity index is 1060. The van der Waals surface area contributed by atoms with Gasteiger partial charge in [-0.1, -0.05) is 45.0 Å². The molecule has 138 valence electrons. The average Bonchev–Trinajstić information content (AvgIpc) is 3.06. The number of hydrogen-bond donors (Lipinski definition) is 0. The van der Waals surface area contributed by atoms with Crippen LogP contribution in [0.25, 0.3) is 22.0 Å². The molecule has 2 aromatic carbocycles. The average molecular weight is 357 g/mol. The molecule has 0 radical (unpaired) electrons. The van der Waals surface area contributed by atoms with E-state index in [-0.39, 0.29) is 16.6 Å². The second-order valence-corrected chi connectivity index (χ2v) is 9.67. The van der Waals surface area contributed by atoms with Gasteiger partial charge in [0.2, 0.25) is 0 Å². The van der Waals surface area contributed by atoms with Crippen LogP contribution in [0.4, 0.5) is 0 Å². The van der Waals surface area contributed by atoms with Gasteiger partial charge in [0.05, 0.1) is 16.9 Å². The van der Waals surface area contributed by atoms with Crippen LogP contribution in [0.1, 0.15) is 64.2 Å². The minimum absolute atomic E-state index is 0.129. The molecular weight excluding hydrogens is 330 g/mol. The van der Waals surface area contributed by atoms with E-state index in [2.05, 4.69) is 77.1 Å². The number of rotatable bonds is 1. The van der Waals surface area contributed by atoms with Gasteiger partial charge < -0.3 is 4.74 Å². The van der Waals surface area contributed by atoms with Crippen molar-refractivity contribution >= 4 is 10.8 Å². The van der Waals surface area contributed by atoms with Crippen molar-refractivity contribution < 1.29 is 4.74 Å². The molecular formula is C25H27NO. The lowest BCUT2D eigenvalue weighted by Crippen LogP contribution is -2.17. The summed E-state index contributed by atoms with van der Waals surface area (Å²) in [6, 6.07) is 15.7. The van der Waals surface area contributed by atoms with E-state index in [1.165, 1.54) is 33.0 Å². The van der Waals surface area contributed by atoms with Gasteiger partial charge in [0.25, 0.3) is 0 Å². The molecule has 0 N–H and O–H groups in total. The molecule has 0 aliphatic carbocycles. The molecule has 2 heteroatoms. The Morgan fingerprint density at radius 2 is 1.52 bits per heavy atom. The van der Waals surface area contributed by atoms with Crippen LogP contribution in [0.2, 0.25) is 0 Å². The van der Waals surface area contributed by atoms with Gasteiger partial charge in [0.1, 0.15) is 0 Å². The fraction of sp³-hybridized carbons (Fsp3) is 0.400. The van der Waals surface area contributed by atoms with Crippen molar-refractivity contribution in [3.63, 3.8) is 0 Å². The Kier molecular flexibility index (Phi) is 3.26. The van der Waals surface area contributed by atoms with E-state index in [9.17, 15) is 0 Å². The van der Waals surface area contributed by atoms with Gasteiger partial charge in [-0.25, -0.2) is 0 Å². The Morgan fingerprint density at radius 3 is 2.15 bits per heavy atom. The molecule has 0 saturated carbocycles. The Balaban J connectivity index is 1.69. The summed E-state index contributed by atoms with van der Waals surface area (Å²) in [6.07, 6.45) is 4.13. The van der Waals surface area contributed by atoms with E-state index >= 15 is 0 Å². The number of fused-ring (bicyclic) bond motifs is 6. The minimum atomic E-state index is -0.151. The number of benzene rings is 2. The molecule has 0 spiro atoms. The van der Waals surface area contributed by atoms with Crippen molar-refractivity contribution in [3.8, 4) is 11.3 Å². The summed E-state index contributed by atoms with van der Waals surface area (Å²) >= 11 is 0. The van der Waals surface area contributed by atoms with Crippen LogP contribution in [0, 0.1) is 0 Å². The Labute approximate surface area is 161 Å². The zero-order valence-corrected chi connectivity index (χ0v) is 16.9. The Morgan fingerprint density at radius 1 is 0.889 bits per heavy atom. The standard InChI is InChI=1S/C25H27NO/c1-23(2,3)18-8-6-16(7-9-18)22-19-15-21-20(14-17(19)10-13-26-22)24(4)11-12-25(21,5)27-24/h6-10,13-15H,11-12H2,1-5H3. The molecule has 5 rings (SSSR count). The summed E-state index contributed by atoms with van der Waals surface area (Å²) in [5.74, 6) is 0. The number of ether oxygens (including phenoxy) is 1. The summed E-state index contributed by atoms with van der Waals surface area (Å²) in [4.78, 5) is 4.76. The molecule has 2 unspecified atom stereocenters. The quantitative estimate of drug-likeness (QED) is 0.499. The second-order valence-electron chi connectivity index (χ2n) is 9.67. The smallest absolute Gasteiger partial charge is 0.0920 e. The van der Waals surface area contributed by atoms with E-state index < -0.39 is 0 Å². The molecule has 3 aromatic rings. The zero-order chi connectivity index (χ0) is 19.0. The highest BCUT2D eigenvalue weighted by Gasteiger charge is 2.54. The van der Waals surface area contributed by atoms with Crippen molar-refractivity contribution in [1.29, 1.82) is 0 Å². The first-order valence-corrected chi connectivity index (χ1v) is 9.95. The van der Waals surface area contributed by atoms with E-state index in [0.717, 1.165) is 18.5 Å². The monoisotopic (exact) mass is 357 g/mol. The van der Waals surface area contributed by atoms with Crippen molar-refractivity contribution in [3.05, 3.63) is 65.4 Å². The molecule has 2 aliphatic heterocycles. The molecule has 1 aromatic heterocycles. The van der Waals surface area contributed by atoms with Crippen molar-refractivity contribution in [1.82, 2.24) is 4.98 Å². The summed E-state index contributed by atoms with van der Waals surface area (Å²) in [6.45, 7) is 11.2. The van der Waals surface area contributed by atoms with Crippen LogP contribution in [0.15, 0.2) is 48.7 Å². The van der Waals surface area contributed by atoms with Crippen molar-refractivity contribution in [2.24, 2.45) is 0 Å². The predicted molar refractivity (Wildman–Crippen MR) is 111 cm³/mol. The summed E-state index contributed by atoms with van der Waals surface area (Å²) in [5, 5.41) is 2.47. The lowest BCUT2D eigenvalue weighted by Gasteiger charge is -2.23. The third-order valence-electron chi connectivity index (χ3n) is 6.60. The first-order chi connectivity index (χ1) is 12.7. The van der Waals surface area contributed by atoms with Crippen LogP contribution in [0.3, 0.4) is 0 Å². The molecule has 0 amide bonds. The van der Waals surface area contributed by atoms with Crippen LogP contribution in [-0.4, -0.2) is 4.98 Å². The molecule has 2 nitrogen and oxygen atoms in total. The number of nitrogens with zero attached hydrogens (tertiary/aromatic N) is 1. The predicted octanol–water partition coefficient (Wildman–Crippen LogP) is 6.45.